The molecule has 1 aliphatic heterocycles. The van der Waals surface area contributed by atoms with E-state index in [0.717, 1.165) is 29.2 Å². The van der Waals surface area contributed by atoms with Crippen LogP contribution in [0.5, 0.6) is 5.88 Å². The molecule has 3 aromatic rings. The normalized spacial score (nSPS) is 16.2. The Kier molecular flexibility index (Phi) is 4.73. The number of rotatable bonds is 5. The number of hydrazone groups is 1. The second kappa shape index (κ2) is 7.34. The van der Waals surface area contributed by atoms with Gasteiger partial charge in [-0.05, 0) is 22.8 Å². The van der Waals surface area contributed by atoms with Crippen molar-refractivity contribution in [3.63, 3.8) is 0 Å². The second-order valence-corrected chi connectivity index (χ2v) is 6.98. The summed E-state index contributed by atoms with van der Waals surface area (Å²) in [5.41, 5.74) is 3.45. The predicted octanol–water partition coefficient (Wildman–Crippen LogP) is 2.63. The lowest BCUT2D eigenvalue weighted by Gasteiger charge is -2.14. The first-order valence-electron chi connectivity index (χ1n) is 9.46. The highest BCUT2D eigenvalue weighted by Crippen LogP contribution is 2.30. The largest absolute Gasteiger partial charge is 0.494 e. The van der Waals surface area contributed by atoms with Crippen LogP contribution in [0.25, 0.3) is 10.8 Å². The smallest absolute Gasteiger partial charge is 0.331 e. The average molecular weight is 378 g/mol. The molecule has 1 atom stereocenters. The van der Waals surface area contributed by atoms with Crippen LogP contribution in [0.3, 0.4) is 0 Å². The maximum atomic E-state index is 12.4. The molecule has 0 bridgehead atoms. The summed E-state index contributed by atoms with van der Waals surface area (Å²) in [6.07, 6.45) is 2.03. The molecule has 0 spiro atoms. The standard InChI is InChI=1S/C21H22N4O3/c1-2-3-11-25-20(27)18(19(26)22-21(25)28)17-12-16(23-24-17)15-10-6-8-13-7-4-5-9-14(13)15/h4-10,16,23,27H,2-3,11-12H2,1H3,(H,22,26,28)/t16-/m0/s1. The first-order chi connectivity index (χ1) is 13.6. The third-order valence-electron chi connectivity index (χ3n) is 5.15. The molecule has 2 heterocycles. The van der Waals surface area contributed by atoms with Crippen LogP contribution < -0.4 is 16.7 Å². The number of unbranched alkanes of at least 4 members (excludes halogenated alkanes) is 1. The lowest BCUT2D eigenvalue weighted by atomic mass is 9.95. The van der Waals surface area contributed by atoms with Crippen LogP contribution in [0.15, 0.2) is 57.2 Å². The Morgan fingerprint density at radius 1 is 1.18 bits per heavy atom. The maximum Gasteiger partial charge on any atom is 0.331 e. The number of H-pyrrole nitrogens is 1. The van der Waals surface area contributed by atoms with Crippen molar-refractivity contribution >= 4 is 16.5 Å². The van der Waals surface area contributed by atoms with Crippen molar-refractivity contribution in [3.8, 4) is 5.88 Å². The van der Waals surface area contributed by atoms with E-state index in [0.29, 0.717) is 18.7 Å². The fraction of sp³-hybridized carbons (Fsp3) is 0.286. The molecule has 0 amide bonds. The van der Waals surface area contributed by atoms with Crippen LogP contribution >= 0.6 is 0 Å². The number of hydrogen-bond donors (Lipinski definition) is 3. The number of aromatic nitrogens is 2. The first kappa shape index (κ1) is 18.0. The lowest BCUT2D eigenvalue weighted by molar-refractivity contribution is 0.394. The van der Waals surface area contributed by atoms with Gasteiger partial charge in [0.2, 0.25) is 5.88 Å². The summed E-state index contributed by atoms with van der Waals surface area (Å²) in [5, 5.41) is 17.2. The van der Waals surface area contributed by atoms with E-state index in [4.69, 9.17) is 0 Å². The number of nitrogens with zero attached hydrogens (tertiary/aromatic N) is 2. The molecule has 2 aromatic carbocycles. The van der Waals surface area contributed by atoms with Crippen LogP contribution in [-0.2, 0) is 6.54 Å². The maximum absolute atomic E-state index is 12.4. The Bertz CT molecular complexity index is 1170. The topological polar surface area (TPSA) is 99.5 Å². The van der Waals surface area contributed by atoms with Crippen LogP contribution in [-0.4, -0.2) is 20.4 Å². The van der Waals surface area contributed by atoms with Crippen molar-refractivity contribution in [2.75, 3.05) is 0 Å². The van der Waals surface area contributed by atoms with Crippen molar-refractivity contribution in [1.82, 2.24) is 15.0 Å². The van der Waals surface area contributed by atoms with Crippen LogP contribution in [0.1, 0.15) is 43.4 Å². The molecule has 7 nitrogen and oxygen atoms in total. The van der Waals surface area contributed by atoms with E-state index in [1.165, 1.54) is 4.57 Å². The number of nitrogens with one attached hydrogen (secondary N) is 2. The van der Waals surface area contributed by atoms with E-state index < -0.39 is 11.2 Å². The lowest BCUT2D eigenvalue weighted by Crippen LogP contribution is -2.33. The van der Waals surface area contributed by atoms with Gasteiger partial charge >= 0.3 is 5.69 Å². The van der Waals surface area contributed by atoms with E-state index in [9.17, 15) is 14.7 Å². The Morgan fingerprint density at radius 3 is 2.79 bits per heavy atom. The Hall–Kier alpha value is -3.35. The van der Waals surface area contributed by atoms with Gasteiger partial charge in [0, 0.05) is 13.0 Å². The third kappa shape index (κ3) is 3.09. The molecule has 4 rings (SSSR count). The number of fused-ring (bicyclic) bond motifs is 1. The van der Waals surface area contributed by atoms with E-state index in [2.05, 4.69) is 33.7 Å². The number of hydrogen-bond acceptors (Lipinski definition) is 5. The van der Waals surface area contributed by atoms with Crippen LogP contribution in [0.4, 0.5) is 0 Å². The quantitative estimate of drug-likeness (QED) is 0.635. The van der Waals surface area contributed by atoms with E-state index in [1.54, 1.807) is 0 Å². The van der Waals surface area contributed by atoms with Gasteiger partial charge in [-0.1, -0.05) is 55.8 Å². The minimum atomic E-state index is -0.616. The van der Waals surface area contributed by atoms with Gasteiger partial charge in [0.15, 0.2) is 0 Å². The monoisotopic (exact) mass is 378 g/mol. The van der Waals surface area contributed by atoms with Gasteiger partial charge in [-0.3, -0.25) is 14.3 Å². The SMILES string of the molecule is CCCCn1c(O)c(C2=NN[C@H](c3cccc4ccccc34)C2)c(=O)[nH]c1=O. The minimum Gasteiger partial charge on any atom is -0.494 e. The highest BCUT2D eigenvalue weighted by molar-refractivity contribution is 6.03. The fourth-order valence-corrected chi connectivity index (χ4v) is 3.68. The van der Waals surface area contributed by atoms with Gasteiger partial charge in [0.25, 0.3) is 5.56 Å². The molecule has 0 unspecified atom stereocenters. The zero-order valence-electron chi connectivity index (χ0n) is 15.6. The third-order valence-corrected chi connectivity index (χ3v) is 5.15. The number of aromatic amines is 1. The average Bonchev–Trinajstić information content (AvgIpc) is 3.16. The molecule has 0 aliphatic carbocycles. The van der Waals surface area contributed by atoms with E-state index >= 15 is 0 Å². The molecule has 0 fully saturated rings. The van der Waals surface area contributed by atoms with Crippen molar-refractivity contribution in [1.29, 1.82) is 0 Å². The summed E-state index contributed by atoms with van der Waals surface area (Å²) in [6.45, 7) is 2.34. The van der Waals surface area contributed by atoms with Crippen molar-refractivity contribution in [3.05, 3.63) is 74.4 Å². The Labute approximate surface area is 161 Å². The molecule has 0 radical (unpaired) electrons. The molecule has 3 N–H and O–H groups in total. The Morgan fingerprint density at radius 2 is 1.96 bits per heavy atom. The van der Waals surface area contributed by atoms with Gasteiger partial charge in [0.05, 0.1) is 11.8 Å². The zero-order valence-corrected chi connectivity index (χ0v) is 15.6. The minimum absolute atomic E-state index is 0.0611. The van der Waals surface area contributed by atoms with Crippen LogP contribution in [0, 0.1) is 0 Å². The molecule has 28 heavy (non-hydrogen) atoms. The molecule has 1 aliphatic rings. The summed E-state index contributed by atoms with van der Waals surface area (Å²) in [5.74, 6) is -0.318. The molecule has 1 aromatic heterocycles. The summed E-state index contributed by atoms with van der Waals surface area (Å²) < 4.78 is 1.20. The molecule has 7 heteroatoms. The van der Waals surface area contributed by atoms with Gasteiger partial charge in [-0.2, -0.15) is 5.10 Å². The van der Waals surface area contributed by atoms with Crippen molar-refractivity contribution < 1.29 is 5.11 Å². The summed E-state index contributed by atoms with van der Waals surface area (Å²) in [4.78, 5) is 26.8. The molecule has 0 saturated carbocycles. The highest BCUT2D eigenvalue weighted by Gasteiger charge is 2.27. The summed E-state index contributed by atoms with van der Waals surface area (Å²) in [6, 6.07) is 14.0. The van der Waals surface area contributed by atoms with Crippen molar-refractivity contribution in [2.45, 2.75) is 38.8 Å². The second-order valence-electron chi connectivity index (χ2n) is 6.98. The first-order valence-corrected chi connectivity index (χ1v) is 9.46. The zero-order chi connectivity index (χ0) is 19.7. The molecule has 144 valence electrons. The van der Waals surface area contributed by atoms with Gasteiger partial charge in [-0.15, -0.1) is 0 Å². The van der Waals surface area contributed by atoms with Crippen molar-refractivity contribution in [2.24, 2.45) is 5.10 Å². The molecular weight excluding hydrogens is 356 g/mol. The Balaban J connectivity index is 1.69. The van der Waals surface area contributed by atoms with Crippen LogP contribution in [0.2, 0.25) is 0 Å². The fourth-order valence-electron chi connectivity index (χ4n) is 3.68. The van der Waals surface area contributed by atoms with E-state index in [-0.39, 0.29) is 17.5 Å². The summed E-state index contributed by atoms with van der Waals surface area (Å²) in [7, 11) is 0. The number of benzene rings is 2. The molecular formula is C21H22N4O3. The molecule has 0 saturated heterocycles. The van der Waals surface area contributed by atoms with Gasteiger partial charge < -0.3 is 10.5 Å². The van der Waals surface area contributed by atoms with Gasteiger partial charge in [-0.25, -0.2) is 4.79 Å². The van der Waals surface area contributed by atoms with E-state index in [1.807, 2.05) is 31.2 Å². The summed E-state index contributed by atoms with van der Waals surface area (Å²) >= 11 is 0. The number of aromatic hydroxyl groups is 1. The van der Waals surface area contributed by atoms with Gasteiger partial charge in [0.1, 0.15) is 5.56 Å². The highest BCUT2D eigenvalue weighted by atomic mass is 16.3. The predicted molar refractivity (Wildman–Crippen MR) is 109 cm³/mol.